The molecule has 234 valence electrons. The minimum absolute atomic E-state index is 0.0578. The number of hydrogen-bond acceptors (Lipinski definition) is 5. The lowest BCUT2D eigenvalue weighted by Crippen LogP contribution is -2.45. The van der Waals surface area contributed by atoms with Gasteiger partial charge in [0.25, 0.3) is 11.8 Å². The normalized spacial score (nSPS) is 14.1. The zero-order valence-corrected chi connectivity index (χ0v) is 26.7. The Morgan fingerprint density at radius 1 is 1.02 bits per heavy atom. The molecular weight excluding hydrogens is 600 g/mol. The summed E-state index contributed by atoms with van der Waals surface area (Å²) in [6.07, 6.45) is 3.60. The van der Waals surface area contributed by atoms with Crippen LogP contribution in [0.4, 0.5) is 0 Å². The average molecular weight is 635 g/mol. The van der Waals surface area contributed by atoms with Crippen LogP contribution >= 0.6 is 11.6 Å². The van der Waals surface area contributed by atoms with Crippen LogP contribution in [0.25, 0.3) is 22.6 Å². The smallest absolute Gasteiger partial charge is 0.259 e. The van der Waals surface area contributed by atoms with E-state index >= 15 is 0 Å². The van der Waals surface area contributed by atoms with Gasteiger partial charge in [0, 0.05) is 52.5 Å². The first-order valence-electron chi connectivity index (χ1n) is 15.2. The molecule has 1 unspecified atom stereocenters. The minimum Gasteiger partial charge on any atom is -0.489 e. The number of nitrogens with zero attached hydrogens (tertiary/aromatic N) is 3. The topological polar surface area (TPSA) is 96.2 Å². The number of hydrogen-bond donors (Lipinski definition) is 2. The zero-order valence-electron chi connectivity index (χ0n) is 25.9. The third kappa shape index (κ3) is 6.27. The third-order valence-electron chi connectivity index (χ3n) is 8.03. The van der Waals surface area contributed by atoms with E-state index in [1.807, 2.05) is 85.2 Å². The van der Waals surface area contributed by atoms with Gasteiger partial charge < -0.3 is 24.5 Å². The fourth-order valence-corrected chi connectivity index (χ4v) is 5.99. The molecule has 2 N–H and O–H groups in total. The van der Waals surface area contributed by atoms with Gasteiger partial charge in [-0.1, -0.05) is 66.7 Å². The number of rotatable bonds is 10. The van der Waals surface area contributed by atoms with Gasteiger partial charge in [-0.3, -0.25) is 9.59 Å². The van der Waals surface area contributed by atoms with Crippen molar-refractivity contribution in [3.05, 3.63) is 131 Å². The second-order valence-electron chi connectivity index (χ2n) is 11.8. The molecule has 0 bridgehead atoms. The maximum absolute atomic E-state index is 13.5. The SMILES string of the molecule is C=C1c2ccccc2C(=O)N1C[C@H](Cc1ccc(-c2cn3cccc(C(C)O)c3n2)cc1)NC(=O)c1ccc(OC(C)C)c(Cl)c1. The molecule has 5 aromatic rings. The average Bonchev–Trinajstić information content (AvgIpc) is 3.57. The van der Waals surface area contributed by atoms with Gasteiger partial charge in [-0.25, -0.2) is 4.98 Å². The molecule has 1 aliphatic rings. The number of nitrogens with one attached hydrogen (secondary N) is 1. The highest BCUT2D eigenvalue weighted by Gasteiger charge is 2.33. The summed E-state index contributed by atoms with van der Waals surface area (Å²) in [5.74, 6) is 0.0548. The molecule has 2 amide bonds. The molecule has 3 aromatic carbocycles. The summed E-state index contributed by atoms with van der Waals surface area (Å²) in [5, 5.41) is 13.7. The number of carbonyl (C=O) groups excluding carboxylic acids is 2. The molecule has 0 aliphatic carbocycles. The number of imidazole rings is 1. The van der Waals surface area contributed by atoms with E-state index in [0.29, 0.717) is 39.7 Å². The van der Waals surface area contributed by atoms with Crippen molar-refractivity contribution >= 4 is 34.8 Å². The van der Waals surface area contributed by atoms with E-state index in [2.05, 4.69) is 11.9 Å². The lowest BCUT2D eigenvalue weighted by Gasteiger charge is -2.26. The van der Waals surface area contributed by atoms with Gasteiger partial charge in [0.15, 0.2) is 0 Å². The first kappa shape index (κ1) is 31.1. The second-order valence-corrected chi connectivity index (χ2v) is 12.2. The summed E-state index contributed by atoms with van der Waals surface area (Å²) in [7, 11) is 0. The Labute approximate surface area is 272 Å². The Kier molecular flexibility index (Phi) is 8.67. The Hall–Kier alpha value is -4.92. The molecule has 0 saturated heterocycles. The lowest BCUT2D eigenvalue weighted by molar-refractivity contribution is 0.0819. The minimum atomic E-state index is -0.637. The molecule has 2 atom stereocenters. The fraction of sp³-hybridized carbons (Fsp3) is 0.216. The number of aliphatic hydroxyl groups excluding tert-OH is 1. The van der Waals surface area contributed by atoms with E-state index in [9.17, 15) is 14.7 Å². The van der Waals surface area contributed by atoms with E-state index in [0.717, 1.165) is 27.9 Å². The van der Waals surface area contributed by atoms with Gasteiger partial charge in [0.05, 0.1) is 29.0 Å². The quantitative estimate of drug-likeness (QED) is 0.173. The van der Waals surface area contributed by atoms with Crippen molar-refractivity contribution in [2.45, 2.75) is 45.4 Å². The highest BCUT2D eigenvalue weighted by molar-refractivity contribution is 6.32. The maximum Gasteiger partial charge on any atom is 0.259 e. The van der Waals surface area contributed by atoms with Gasteiger partial charge in [0.2, 0.25) is 0 Å². The number of pyridine rings is 1. The molecular formula is C37H35ClN4O4. The highest BCUT2D eigenvalue weighted by atomic mass is 35.5. The fourth-order valence-electron chi connectivity index (χ4n) is 5.77. The number of halogens is 1. The predicted molar refractivity (Wildman–Crippen MR) is 180 cm³/mol. The Bertz CT molecular complexity index is 1910. The molecule has 0 saturated carbocycles. The zero-order chi connectivity index (χ0) is 32.5. The summed E-state index contributed by atoms with van der Waals surface area (Å²) >= 11 is 6.44. The van der Waals surface area contributed by atoms with Gasteiger partial charge in [-0.2, -0.15) is 0 Å². The van der Waals surface area contributed by atoms with Crippen molar-refractivity contribution in [1.82, 2.24) is 19.6 Å². The van der Waals surface area contributed by atoms with Crippen LogP contribution in [0, 0.1) is 0 Å². The molecule has 6 rings (SSSR count). The van der Waals surface area contributed by atoms with Crippen LogP contribution < -0.4 is 10.1 Å². The molecule has 1 aliphatic heterocycles. The van der Waals surface area contributed by atoms with E-state index < -0.39 is 12.1 Å². The van der Waals surface area contributed by atoms with Crippen LogP contribution in [0.5, 0.6) is 5.75 Å². The number of aromatic nitrogens is 2. The first-order chi connectivity index (χ1) is 22.1. The summed E-state index contributed by atoms with van der Waals surface area (Å²) in [6, 6.07) is 23.6. The van der Waals surface area contributed by atoms with Crippen LogP contribution in [0.15, 0.2) is 97.8 Å². The number of carbonyl (C=O) groups is 2. The summed E-state index contributed by atoms with van der Waals surface area (Å²) in [6.45, 7) is 9.96. The molecule has 2 aromatic heterocycles. The van der Waals surface area contributed by atoms with Crippen LogP contribution in [0.2, 0.25) is 5.02 Å². The Morgan fingerprint density at radius 2 is 1.76 bits per heavy atom. The molecule has 0 fully saturated rings. The maximum atomic E-state index is 13.5. The standard InChI is InChI=1S/C37H35ClN4O4/c1-22(2)46-34-16-15-27(19-32(34)38)36(44)39-28(20-42-23(3)29-8-5-6-9-31(29)37(42)45)18-25-11-13-26(14-12-25)33-21-41-17-7-10-30(24(4)43)35(41)40-33/h5-17,19,21-22,24,28,43H,3,18,20H2,1-2,4H3,(H,39,44)/t24?,28-/m0/s1. The number of ether oxygens (including phenoxy) is 1. The molecule has 0 spiro atoms. The molecule has 46 heavy (non-hydrogen) atoms. The van der Waals surface area contributed by atoms with Crippen LogP contribution in [0.1, 0.15) is 64.3 Å². The van der Waals surface area contributed by atoms with Crippen molar-refractivity contribution in [2.24, 2.45) is 0 Å². The van der Waals surface area contributed by atoms with Crippen LogP contribution in [-0.2, 0) is 6.42 Å². The van der Waals surface area contributed by atoms with Crippen LogP contribution in [0.3, 0.4) is 0 Å². The second kappa shape index (κ2) is 12.8. The molecule has 8 nitrogen and oxygen atoms in total. The van der Waals surface area contributed by atoms with Crippen molar-refractivity contribution < 1.29 is 19.4 Å². The lowest BCUT2D eigenvalue weighted by atomic mass is 10.0. The van der Waals surface area contributed by atoms with Gasteiger partial charge in [-0.05, 0) is 63.1 Å². The monoisotopic (exact) mass is 634 g/mol. The van der Waals surface area contributed by atoms with Crippen molar-refractivity contribution in [2.75, 3.05) is 6.54 Å². The summed E-state index contributed by atoms with van der Waals surface area (Å²) in [5.41, 5.74) is 6.52. The molecule has 3 heterocycles. The number of amides is 2. The van der Waals surface area contributed by atoms with Gasteiger partial charge in [-0.15, -0.1) is 0 Å². The number of benzene rings is 3. The first-order valence-corrected chi connectivity index (χ1v) is 15.6. The third-order valence-corrected chi connectivity index (χ3v) is 8.32. The van der Waals surface area contributed by atoms with Crippen molar-refractivity contribution in [1.29, 1.82) is 0 Å². The summed E-state index contributed by atoms with van der Waals surface area (Å²) in [4.78, 5) is 33.3. The molecule has 9 heteroatoms. The summed E-state index contributed by atoms with van der Waals surface area (Å²) < 4.78 is 7.63. The van der Waals surface area contributed by atoms with E-state index in [-0.39, 0.29) is 24.5 Å². The van der Waals surface area contributed by atoms with Gasteiger partial charge in [0.1, 0.15) is 11.4 Å². The van der Waals surface area contributed by atoms with Crippen molar-refractivity contribution in [3.63, 3.8) is 0 Å². The highest BCUT2D eigenvalue weighted by Crippen LogP contribution is 2.32. The predicted octanol–water partition coefficient (Wildman–Crippen LogP) is 6.96. The van der Waals surface area contributed by atoms with Gasteiger partial charge >= 0.3 is 0 Å². The van der Waals surface area contributed by atoms with E-state index in [4.69, 9.17) is 21.3 Å². The molecule has 0 radical (unpaired) electrons. The van der Waals surface area contributed by atoms with E-state index in [1.165, 1.54) is 0 Å². The Balaban J connectivity index is 1.25. The number of aliphatic hydroxyl groups is 1. The van der Waals surface area contributed by atoms with Crippen LogP contribution in [-0.4, -0.2) is 49.9 Å². The Morgan fingerprint density at radius 3 is 2.43 bits per heavy atom. The van der Waals surface area contributed by atoms with E-state index in [1.54, 1.807) is 36.1 Å². The van der Waals surface area contributed by atoms with Crippen molar-refractivity contribution in [3.8, 4) is 17.0 Å². The largest absolute Gasteiger partial charge is 0.489 e. The number of fused-ring (bicyclic) bond motifs is 2.